The van der Waals surface area contributed by atoms with Gasteiger partial charge in [-0.05, 0) is 19.4 Å². The van der Waals surface area contributed by atoms with E-state index in [0.717, 1.165) is 22.2 Å². The average Bonchev–Trinajstić information content (AvgIpc) is 2.04. The van der Waals surface area contributed by atoms with Gasteiger partial charge in [-0.25, -0.2) is 0 Å². The SMILES string of the molecule is CC/C=C\c1c(C)[nH]ccc1=S. The molecule has 0 radical (unpaired) electrons. The van der Waals surface area contributed by atoms with Crippen LogP contribution in [0.15, 0.2) is 18.3 Å². The van der Waals surface area contributed by atoms with Crippen LogP contribution in [-0.2, 0) is 0 Å². The summed E-state index contributed by atoms with van der Waals surface area (Å²) in [6.45, 7) is 4.15. The fraction of sp³-hybridized carbons (Fsp3) is 0.300. The fourth-order valence-corrected chi connectivity index (χ4v) is 1.33. The van der Waals surface area contributed by atoms with Crippen molar-refractivity contribution in [2.24, 2.45) is 0 Å². The molecule has 0 fully saturated rings. The van der Waals surface area contributed by atoms with Gasteiger partial charge in [0.25, 0.3) is 0 Å². The van der Waals surface area contributed by atoms with E-state index in [0.29, 0.717) is 0 Å². The van der Waals surface area contributed by atoms with Gasteiger partial charge in [-0.3, -0.25) is 0 Å². The Labute approximate surface area is 78.1 Å². The Kier molecular flexibility index (Phi) is 3.23. The number of nitrogens with one attached hydrogen (secondary N) is 1. The van der Waals surface area contributed by atoms with Crippen LogP contribution in [0.1, 0.15) is 24.6 Å². The topological polar surface area (TPSA) is 15.8 Å². The average molecular weight is 179 g/mol. The maximum Gasteiger partial charge on any atom is 0.0481 e. The first-order valence-corrected chi connectivity index (χ1v) is 4.51. The molecule has 1 heterocycles. The van der Waals surface area contributed by atoms with Gasteiger partial charge in [-0.2, -0.15) is 0 Å². The van der Waals surface area contributed by atoms with Crippen LogP contribution in [0, 0.1) is 11.4 Å². The molecule has 64 valence electrons. The highest BCUT2D eigenvalue weighted by Gasteiger charge is 1.93. The van der Waals surface area contributed by atoms with E-state index in [1.54, 1.807) is 0 Å². The lowest BCUT2D eigenvalue weighted by Crippen LogP contribution is -1.85. The summed E-state index contributed by atoms with van der Waals surface area (Å²) in [6, 6.07) is 1.91. The summed E-state index contributed by atoms with van der Waals surface area (Å²) in [4.78, 5) is 3.13. The molecule has 0 unspecified atom stereocenters. The van der Waals surface area contributed by atoms with E-state index >= 15 is 0 Å². The molecule has 0 atom stereocenters. The van der Waals surface area contributed by atoms with Crippen LogP contribution in [0.3, 0.4) is 0 Å². The van der Waals surface area contributed by atoms with Gasteiger partial charge in [0, 0.05) is 22.0 Å². The molecule has 0 saturated heterocycles. The van der Waals surface area contributed by atoms with Gasteiger partial charge in [0.05, 0.1) is 0 Å². The molecular formula is C10H13NS. The Bertz CT molecular complexity index is 336. The molecular weight excluding hydrogens is 166 g/mol. The fourth-order valence-electron chi connectivity index (χ4n) is 1.04. The van der Waals surface area contributed by atoms with E-state index in [4.69, 9.17) is 12.2 Å². The molecule has 0 saturated carbocycles. The Morgan fingerprint density at radius 2 is 2.33 bits per heavy atom. The lowest BCUT2D eigenvalue weighted by Gasteiger charge is -1.98. The lowest BCUT2D eigenvalue weighted by molar-refractivity contribution is 1.18. The van der Waals surface area contributed by atoms with Crippen molar-refractivity contribution in [3.63, 3.8) is 0 Å². The molecule has 0 bridgehead atoms. The maximum absolute atomic E-state index is 5.18. The number of hydrogen-bond acceptors (Lipinski definition) is 1. The summed E-state index contributed by atoms with van der Waals surface area (Å²) in [6.07, 6.45) is 7.12. The Hall–Kier alpha value is -0.890. The standard InChI is InChI=1S/C10H13NS/c1-3-4-5-9-8(2)11-7-6-10(9)12/h4-7H,3H2,1-2H3,(H,11,12)/b5-4-. The molecule has 1 aromatic rings. The monoisotopic (exact) mass is 179 g/mol. The van der Waals surface area contributed by atoms with E-state index in [2.05, 4.69) is 24.1 Å². The van der Waals surface area contributed by atoms with Gasteiger partial charge >= 0.3 is 0 Å². The highest BCUT2D eigenvalue weighted by atomic mass is 32.1. The summed E-state index contributed by atoms with van der Waals surface area (Å²) in [5, 5.41) is 0. The van der Waals surface area contributed by atoms with Gasteiger partial charge in [0.15, 0.2) is 0 Å². The molecule has 1 N–H and O–H groups in total. The normalized spacial score (nSPS) is 10.8. The first-order chi connectivity index (χ1) is 5.75. The van der Waals surface area contributed by atoms with Crippen LogP contribution in [0.25, 0.3) is 6.08 Å². The zero-order valence-electron chi connectivity index (χ0n) is 7.42. The van der Waals surface area contributed by atoms with Crippen molar-refractivity contribution in [1.29, 1.82) is 0 Å². The first kappa shape index (κ1) is 9.20. The van der Waals surface area contributed by atoms with Gasteiger partial charge in [-0.1, -0.05) is 31.3 Å². The minimum atomic E-state index is 0.913. The van der Waals surface area contributed by atoms with Crippen molar-refractivity contribution in [1.82, 2.24) is 4.98 Å². The Morgan fingerprint density at radius 1 is 1.58 bits per heavy atom. The van der Waals surface area contributed by atoms with Gasteiger partial charge in [0.1, 0.15) is 0 Å². The van der Waals surface area contributed by atoms with Crippen LogP contribution >= 0.6 is 12.2 Å². The molecule has 0 aliphatic carbocycles. The third-order valence-electron chi connectivity index (χ3n) is 1.72. The molecule has 0 aromatic carbocycles. The predicted molar refractivity (Wildman–Crippen MR) is 55.7 cm³/mol. The molecule has 1 aromatic heterocycles. The number of aryl methyl sites for hydroxylation is 1. The number of H-pyrrole nitrogens is 1. The van der Waals surface area contributed by atoms with E-state index in [9.17, 15) is 0 Å². The molecule has 1 rings (SSSR count). The number of allylic oxidation sites excluding steroid dienone is 1. The first-order valence-electron chi connectivity index (χ1n) is 4.10. The molecule has 0 spiro atoms. The van der Waals surface area contributed by atoms with E-state index in [1.807, 2.05) is 19.2 Å². The summed E-state index contributed by atoms with van der Waals surface area (Å²) in [5.41, 5.74) is 2.27. The minimum Gasteiger partial charge on any atom is -0.365 e. The quantitative estimate of drug-likeness (QED) is 0.687. The van der Waals surface area contributed by atoms with Crippen molar-refractivity contribution in [3.05, 3.63) is 34.1 Å². The zero-order chi connectivity index (χ0) is 8.97. The second kappa shape index (κ2) is 4.21. The van der Waals surface area contributed by atoms with Gasteiger partial charge < -0.3 is 4.98 Å². The zero-order valence-corrected chi connectivity index (χ0v) is 8.24. The van der Waals surface area contributed by atoms with Crippen LogP contribution < -0.4 is 0 Å². The highest BCUT2D eigenvalue weighted by Crippen LogP contribution is 2.09. The van der Waals surface area contributed by atoms with Gasteiger partial charge in [0.2, 0.25) is 0 Å². The summed E-state index contributed by atoms with van der Waals surface area (Å²) in [5.74, 6) is 0. The van der Waals surface area contributed by atoms with Crippen molar-refractivity contribution in [2.75, 3.05) is 0 Å². The van der Waals surface area contributed by atoms with Crippen LogP contribution in [0.4, 0.5) is 0 Å². The number of rotatable bonds is 2. The minimum absolute atomic E-state index is 0.913. The molecule has 0 amide bonds. The second-order valence-corrected chi connectivity index (χ2v) is 3.13. The second-order valence-electron chi connectivity index (χ2n) is 2.69. The van der Waals surface area contributed by atoms with E-state index in [1.165, 1.54) is 0 Å². The molecule has 1 nitrogen and oxygen atoms in total. The maximum atomic E-state index is 5.18. The molecule has 0 aliphatic heterocycles. The number of pyridine rings is 1. The third kappa shape index (κ3) is 2.05. The van der Waals surface area contributed by atoms with Crippen LogP contribution in [0.5, 0.6) is 0 Å². The third-order valence-corrected chi connectivity index (χ3v) is 2.08. The smallest absolute Gasteiger partial charge is 0.0481 e. The summed E-state index contributed by atoms with van der Waals surface area (Å²) in [7, 11) is 0. The molecule has 2 heteroatoms. The van der Waals surface area contributed by atoms with Crippen molar-refractivity contribution in [3.8, 4) is 0 Å². The Balaban J connectivity index is 3.13. The predicted octanol–water partition coefficient (Wildman–Crippen LogP) is 3.48. The number of hydrogen-bond donors (Lipinski definition) is 1. The van der Waals surface area contributed by atoms with Crippen LogP contribution in [0.2, 0.25) is 0 Å². The Morgan fingerprint density at radius 3 is 2.92 bits per heavy atom. The van der Waals surface area contributed by atoms with Crippen molar-refractivity contribution >= 4 is 18.3 Å². The van der Waals surface area contributed by atoms with Crippen LogP contribution in [-0.4, -0.2) is 4.98 Å². The van der Waals surface area contributed by atoms with Crippen molar-refractivity contribution < 1.29 is 0 Å². The molecule has 0 aliphatic rings. The van der Waals surface area contributed by atoms with Gasteiger partial charge in [-0.15, -0.1) is 0 Å². The van der Waals surface area contributed by atoms with E-state index < -0.39 is 0 Å². The summed E-state index contributed by atoms with van der Waals surface area (Å²) < 4.78 is 0.913. The lowest BCUT2D eigenvalue weighted by atomic mass is 10.2. The number of aromatic nitrogens is 1. The van der Waals surface area contributed by atoms with Crippen molar-refractivity contribution in [2.45, 2.75) is 20.3 Å². The highest BCUT2D eigenvalue weighted by molar-refractivity contribution is 7.71. The molecule has 12 heavy (non-hydrogen) atoms. The number of aromatic amines is 1. The summed E-state index contributed by atoms with van der Waals surface area (Å²) >= 11 is 5.18. The van der Waals surface area contributed by atoms with E-state index in [-0.39, 0.29) is 0 Å². The largest absolute Gasteiger partial charge is 0.365 e.